The van der Waals surface area contributed by atoms with Crippen molar-refractivity contribution in [2.45, 2.75) is 38.0 Å². The number of hydrogen-bond acceptors (Lipinski definition) is 7. The van der Waals surface area contributed by atoms with Crippen LogP contribution in [-0.2, 0) is 9.59 Å². The number of Topliss-reactive ketones (excluding diaryl/α,β-unsaturated/α-hetero) is 1. The summed E-state index contributed by atoms with van der Waals surface area (Å²) in [7, 11) is 1.57. The molecule has 1 unspecified atom stereocenters. The van der Waals surface area contributed by atoms with Crippen LogP contribution in [0.3, 0.4) is 0 Å². The largest absolute Gasteiger partial charge is 0.395 e. The van der Waals surface area contributed by atoms with E-state index in [0.29, 0.717) is 0 Å². The van der Waals surface area contributed by atoms with Crippen molar-refractivity contribution >= 4 is 11.7 Å². The van der Waals surface area contributed by atoms with E-state index in [1.54, 1.807) is 7.05 Å². The van der Waals surface area contributed by atoms with E-state index in [9.17, 15) is 14.7 Å². The molecule has 8 heteroatoms. The molecule has 0 spiro atoms. The summed E-state index contributed by atoms with van der Waals surface area (Å²) in [5.74, 6) is -0.419. The Bertz CT molecular complexity index is 300. The van der Waals surface area contributed by atoms with Gasteiger partial charge in [0.2, 0.25) is 5.91 Å². The van der Waals surface area contributed by atoms with Gasteiger partial charge in [-0.1, -0.05) is 0 Å². The van der Waals surface area contributed by atoms with Gasteiger partial charge in [0.15, 0.2) is 0 Å². The number of hydrogen-bond donors (Lipinski definition) is 5. The van der Waals surface area contributed by atoms with Gasteiger partial charge in [-0.25, -0.2) is 5.01 Å². The van der Waals surface area contributed by atoms with Gasteiger partial charge >= 0.3 is 0 Å². The lowest BCUT2D eigenvalue weighted by Gasteiger charge is -2.21. The Hall–Kier alpha value is -1.06. The maximum atomic E-state index is 11.6. The fourth-order valence-electron chi connectivity index (χ4n) is 1.56. The van der Waals surface area contributed by atoms with Gasteiger partial charge in [0.1, 0.15) is 5.78 Å². The van der Waals surface area contributed by atoms with E-state index in [0.717, 1.165) is 0 Å². The van der Waals surface area contributed by atoms with Crippen molar-refractivity contribution in [2.24, 2.45) is 11.5 Å². The Kier molecular flexibility index (Phi) is 8.44. The van der Waals surface area contributed by atoms with Gasteiger partial charge in [-0.3, -0.25) is 15.0 Å². The van der Waals surface area contributed by atoms with Gasteiger partial charge in [0.25, 0.3) is 0 Å². The second-order valence-corrected chi connectivity index (χ2v) is 4.71. The lowest BCUT2D eigenvalue weighted by Crippen LogP contribution is -2.46. The standard InChI is InChI=1S/C11H24N4O4/c1-7(17)5-15(2)14-11(19)4-8(12)3-10(18)9(13)6-16/h8-10,16,18H,3-6,12-13H2,1-2H3,(H,14,19)/t8-,9?,10-/m1/s1. The van der Waals surface area contributed by atoms with Gasteiger partial charge in [-0.05, 0) is 13.3 Å². The SMILES string of the molecule is CC(=O)CN(C)NC(=O)C[C@H](N)C[C@@H](O)C(N)CO. The van der Waals surface area contributed by atoms with E-state index >= 15 is 0 Å². The number of likely N-dealkylation sites (N-methyl/N-ethyl adjacent to an activating group) is 1. The molecule has 0 aromatic heterocycles. The highest BCUT2D eigenvalue weighted by Crippen LogP contribution is 2.03. The molecule has 1 amide bonds. The second-order valence-electron chi connectivity index (χ2n) is 4.71. The number of ketones is 1. The average Bonchev–Trinajstić information content (AvgIpc) is 2.25. The molecule has 0 rings (SSSR count). The van der Waals surface area contributed by atoms with Crippen molar-refractivity contribution in [1.82, 2.24) is 10.4 Å². The summed E-state index contributed by atoms with van der Waals surface area (Å²) in [6.07, 6.45) is -0.842. The molecule has 0 aliphatic rings. The Morgan fingerprint density at radius 2 is 1.95 bits per heavy atom. The van der Waals surface area contributed by atoms with E-state index in [1.807, 2.05) is 0 Å². The lowest BCUT2D eigenvalue weighted by atomic mass is 10.0. The normalized spacial score (nSPS) is 15.9. The van der Waals surface area contributed by atoms with Crippen LogP contribution in [0.1, 0.15) is 19.8 Å². The molecule has 0 bridgehead atoms. The third-order valence-electron chi connectivity index (χ3n) is 2.47. The lowest BCUT2D eigenvalue weighted by molar-refractivity contribution is -0.127. The number of carbonyl (C=O) groups excluding carboxylic acids is 2. The Morgan fingerprint density at radius 3 is 2.42 bits per heavy atom. The van der Waals surface area contributed by atoms with Crippen LogP contribution in [-0.4, -0.2) is 65.3 Å². The van der Waals surface area contributed by atoms with Crippen LogP contribution in [0.4, 0.5) is 0 Å². The highest BCUT2D eigenvalue weighted by atomic mass is 16.3. The molecule has 19 heavy (non-hydrogen) atoms. The van der Waals surface area contributed by atoms with Gasteiger partial charge in [0.05, 0.1) is 25.3 Å². The number of hydrazine groups is 1. The number of nitrogens with one attached hydrogen (secondary N) is 1. The van der Waals surface area contributed by atoms with Crippen LogP contribution in [0.15, 0.2) is 0 Å². The zero-order valence-electron chi connectivity index (χ0n) is 11.4. The number of nitrogens with two attached hydrogens (primary N) is 2. The van der Waals surface area contributed by atoms with Crippen molar-refractivity contribution in [3.05, 3.63) is 0 Å². The Morgan fingerprint density at radius 1 is 1.37 bits per heavy atom. The second kappa shape index (κ2) is 8.94. The highest BCUT2D eigenvalue weighted by Gasteiger charge is 2.19. The summed E-state index contributed by atoms with van der Waals surface area (Å²) < 4.78 is 0. The minimum absolute atomic E-state index is 0.00253. The van der Waals surface area contributed by atoms with Crippen molar-refractivity contribution in [3.8, 4) is 0 Å². The predicted octanol–water partition coefficient (Wildman–Crippen LogP) is -2.67. The Labute approximate surface area is 112 Å². The molecule has 0 fully saturated rings. The first-order valence-electron chi connectivity index (χ1n) is 6.06. The van der Waals surface area contributed by atoms with Crippen LogP contribution < -0.4 is 16.9 Å². The van der Waals surface area contributed by atoms with E-state index in [4.69, 9.17) is 16.6 Å². The van der Waals surface area contributed by atoms with E-state index in [2.05, 4.69) is 5.43 Å². The third kappa shape index (κ3) is 8.62. The van der Waals surface area contributed by atoms with Crippen molar-refractivity contribution < 1.29 is 19.8 Å². The summed E-state index contributed by atoms with van der Waals surface area (Å²) in [4.78, 5) is 22.4. The molecule has 0 saturated heterocycles. The number of amides is 1. The molecule has 0 radical (unpaired) electrons. The van der Waals surface area contributed by atoms with Crippen LogP contribution in [0.25, 0.3) is 0 Å². The van der Waals surface area contributed by atoms with Gasteiger partial charge in [-0.15, -0.1) is 0 Å². The minimum atomic E-state index is -0.956. The molecule has 112 valence electrons. The van der Waals surface area contributed by atoms with Gasteiger partial charge < -0.3 is 21.7 Å². The molecule has 0 aromatic carbocycles. The van der Waals surface area contributed by atoms with Crippen LogP contribution in [0.5, 0.6) is 0 Å². The topological polar surface area (TPSA) is 142 Å². The molecule has 0 aromatic rings. The maximum absolute atomic E-state index is 11.6. The monoisotopic (exact) mass is 276 g/mol. The quantitative estimate of drug-likeness (QED) is 0.289. The fourth-order valence-corrected chi connectivity index (χ4v) is 1.56. The molecule has 0 heterocycles. The summed E-state index contributed by atoms with van der Waals surface area (Å²) in [6.45, 7) is 1.18. The summed E-state index contributed by atoms with van der Waals surface area (Å²) >= 11 is 0. The van der Waals surface area contributed by atoms with E-state index in [-0.39, 0.29) is 37.7 Å². The average molecular weight is 276 g/mol. The highest BCUT2D eigenvalue weighted by molar-refractivity contribution is 5.79. The zero-order valence-corrected chi connectivity index (χ0v) is 11.4. The molecule has 0 aliphatic carbocycles. The smallest absolute Gasteiger partial charge is 0.235 e. The molecular weight excluding hydrogens is 252 g/mol. The molecule has 8 nitrogen and oxygen atoms in total. The summed E-state index contributed by atoms with van der Waals surface area (Å²) in [5.41, 5.74) is 13.6. The van der Waals surface area contributed by atoms with Crippen molar-refractivity contribution in [1.29, 1.82) is 0 Å². The van der Waals surface area contributed by atoms with Crippen LogP contribution >= 0.6 is 0 Å². The summed E-state index contributed by atoms with van der Waals surface area (Å²) in [5, 5.41) is 19.7. The number of aliphatic hydroxyl groups is 2. The van der Waals surface area contributed by atoms with Crippen LogP contribution in [0.2, 0.25) is 0 Å². The predicted molar refractivity (Wildman–Crippen MR) is 69.7 cm³/mol. The number of rotatable bonds is 9. The number of aliphatic hydroxyl groups excluding tert-OH is 2. The third-order valence-corrected chi connectivity index (χ3v) is 2.47. The Balaban J connectivity index is 4.01. The first kappa shape index (κ1) is 17.9. The molecular formula is C11H24N4O4. The zero-order chi connectivity index (χ0) is 15.0. The number of nitrogens with zero attached hydrogens (tertiary/aromatic N) is 1. The molecule has 0 aliphatic heterocycles. The first-order valence-corrected chi connectivity index (χ1v) is 6.06. The fraction of sp³-hybridized carbons (Fsp3) is 0.818. The van der Waals surface area contributed by atoms with Gasteiger partial charge in [0, 0.05) is 19.5 Å². The molecule has 3 atom stereocenters. The van der Waals surface area contributed by atoms with Crippen LogP contribution in [0, 0.1) is 0 Å². The van der Waals surface area contributed by atoms with Crippen molar-refractivity contribution in [3.63, 3.8) is 0 Å². The van der Waals surface area contributed by atoms with E-state index < -0.39 is 18.2 Å². The van der Waals surface area contributed by atoms with Gasteiger partial charge in [-0.2, -0.15) is 0 Å². The van der Waals surface area contributed by atoms with Crippen molar-refractivity contribution in [2.75, 3.05) is 20.2 Å². The first-order chi connectivity index (χ1) is 8.76. The maximum Gasteiger partial charge on any atom is 0.235 e. The molecule has 0 saturated carbocycles. The summed E-state index contributed by atoms with van der Waals surface area (Å²) in [6, 6.07) is -1.34. The molecule has 7 N–H and O–H groups in total. The van der Waals surface area contributed by atoms with E-state index in [1.165, 1.54) is 11.9 Å². The minimum Gasteiger partial charge on any atom is -0.395 e. The number of carbonyl (C=O) groups is 2.